The first-order valence-corrected chi connectivity index (χ1v) is 22.9. The maximum atomic E-state index is 2.71. The second-order valence-corrected chi connectivity index (χ2v) is 27.5. The summed E-state index contributed by atoms with van der Waals surface area (Å²) in [6.07, 6.45) is 11.1. The molecule has 4 atom stereocenters. The maximum Gasteiger partial charge on any atom is 0.152 e. The van der Waals surface area contributed by atoms with Gasteiger partial charge in [0, 0.05) is 0 Å². The predicted molar refractivity (Wildman–Crippen MR) is 239 cm³/mol. The summed E-state index contributed by atoms with van der Waals surface area (Å²) < 4.78 is 0. The van der Waals surface area contributed by atoms with Gasteiger partial charge in [-0.25, -0.2) is 0 Å². The topological polar surface area (TPSA) is 0 Å². The fraction of sp³-hybridized carbons (Fsp3) is 0.577. The van der Waals surface area contributed by atoms with E-state index in [2.05, 4.69) is 210 Å². The molecule has 0 aromatic heterocycles. The van der Waals surface area contributed by atoms with Crippen LogP contribution >= 0.6 is 0 Å². The summed E-state index contributed by atoms with van der Waals surface area (Å²) in [6, 6.07) is 23.9. The van der Waals surface area contributed by atoms with Crippen molar-refractivity contribution in [1.82, 2.24) is 0 Å². The van der Waals surface area contributed by atoms with E-state index in [0.29, 0.717) is 23.3 Å². The van der Waals surface area contributed by atoms with Gasteiger partial charge < -0.3 is 0 Å². The number of benzene rings is 3. The summed E-state index contributed by atoms with van der Waals surface area (Å²) in [6.45, 7) is 46.1. The molecular weight excluding hydrogens is 653 g/mol. The van der Waals surface area contributed by atoms with Gasteiger partial charge in [-0.1, -0.05) is 210 Å². The van der Waals surface area contributed by atoms with Crippen LogP contribution in [0.1, 0.15) is 171 Å². The summed E-state index contributed by atoms with van der Waals surface area (Å²) in [4.78, 5) is 0. The summed E-state index contributed by atoms with van der Waals surface area (Å²) in [5.74, 6) is 1.62. The van der Waals surface area contributed by atoms with Crippen molar-refractivity contribution in [3.63, 3.8) is 0 Å². The van der Waals surface area contributed by atoms with Crippen molar-refractivity contribution in [2.45, 2.75) is 176 Å². The van der Waals surface area contributed by atoms with Crippen molar-refractivity contribution in [3.8, 4) is 0 Å². The molecule has 288 valence electrons. The molecule has 5 rings (SSSR count). The Balaban J connectivity index is 2.16. The molecule has 2 aliphatic rings. The lowest BCUT2D eigenvalue weighted by atomic mass is 9.80. The van der Waals surface area contributed by atoms with Gasteiger partial charge in [0.1, 0.15) is 0 Å². The molecule has 1 heteroatoms. The zero-order valence-electron chi connectivity index (χ0n) is 37.5. The summed E-state index contributed by atoms with van der Waals surface area (Å²) in [7, 11) is -2.91. The Morgan fingerprint density at radius 2 is 0.660 bits per heavy atom. The zero-order chi connectivity index (χ0) is 39.9. The maximum absolute atomic E-state index is 2.91. The van der Waals surface area contributed by atoms with Crippen molar-refractivity contribution < 1.29 is 0 Å². The van der Waals surface area contributed by atoms with Gasteiger partial charge in [-0.05, 0) is 111 Å². The van der Waals surface area contributed by atoms with Gasteiger partial charge in [0.05, 0.1) is 0 Å². The summed E-state index contributed by atoms with van der Waals surface area (Å²) in [5.41, 5.74) is 9.35. The first-order chi connectivity index (χ1) is 23.9. The zero-order valence-corrected chi connectivity index (χ0v) is 38.5. The lowest BCUT2D eigenvalue weighted by Crippen LogP contribution is -2.72. The normalized spacial score (nSPS) is 21.6. The molecule has 0 bridgehead atoms. The predicted octanol–water partition coefficient (Wildman–Crippen LogP) is 12.7. The molecule has 1 fully saturated rings. The fourth-order valence-electron chi connectivity index (χ4n) is 9.20. The van der Waals surface area contributed by atoms with Gasteiger partial charge in [0.15, 0.2) is 8.07 Å². The van der Waals surface area contributed by atoms with Crippen molar-refractivity contribution in [2.75, 3.05) is 0 Å². The lowest BCUT2D eigenvalue weighted by molar-refractivity contribution is 0.545. The highest BCUT2D eigenvalue weighted by Gasteiger charge is 2.56. The van der Waals surface area contributed by atoms with E-state index < -0.39 is 8.07 Å². The van der Waals surface area contributed by atoms with Crippen LogP contribution in [-0.2, 0) is 32.5 Å². The number of allylic oxidation sites excluding steroid dienone is 4. The van der Waals surface area contributed by atoms with Gasteiger partial charge in [-0.3, -0.25) is 0 Å². The smallest absolute Gasteiger partial charge is 0.0808 e. The van der Waals surface area contributed by atoms with E-state index in [-0.39, 0.29) is 32.5 Å². The highest BCUT2D eigenvalue weighted by molar-refractivity contribution is 7.12. The Kier molecular flexibility index (Phi) is 10.6. The molecule has 0 N–H and O–H groups in total. The second-order valence-electron chi connectivity index (χ2n) is 23.5. The van der Waals surface area contributed by atoms with E-state index in [0.717, 1.165) is 0 Å². The molecule has 0 amide bonds. The van der Waals surface area contributed by atoms with E-state index in [1.807, 2.05) is 0 Å². The van der Waals surface area contributed by atoms with Crippen LogP contribution in [0.3, 0.4) is 0 Å². The molecule has 3 aromatic rings. The Bertz CT molecular complexity index is 1590. The van der Waals surface area contributed by atoms with E-state index >= 15 is 0 Å². The standard InChI is InChI=1S/C52H76Si/c1-34-24-35-22-20-21-23-45(35)46(34)53(42-28-36(47(2,3)4)25-37(29-42)48(5,6)7,43-30-38(49(8,9)10)26-39(31-43)50(11,12)13)44-32-40(51(14,15)16)27-41(33-44)52(17,18)19/h20-23,25-35,45-46H,24H2,1-19H3. The molecule has 0 spiro atoms. The number of fused-ring (bicyclic) bond motifs is 1. The highest BCUT2D eigenvalue weighted by atomic mass is 28.3. The Hall–Kier alpha value is -2.64. The van der Waals surface area contributed by atoms with Crippen LogP contribution in [0.2, 0.25) is 5.54 Å². The third-order valence-corrected chi connectivity index (χ3v) is 18.4. The third kappa shape index (κ3) is 8.18. The monoisotopic (exact) mass is 729 g/mol. The molecule has 4 unspecified atom stereocenters. The Morgan fingerprint density at radius 3 is 0.925 bits per heavy atom. The molecule has 0 heterocycles. The van der Waals surface area contributed by atoms with E-state index in [1.165, 1.54) is 39.8 Å². The SMILES string of the molecule is CC1CC2C=CC=CC2C1[Si](c1cc(C(C)(C)C)cc(C(C)(C)C)c1)(c1cc(C(C)(C)C)cc(C(C)(C)C)c1)c1cc(C(C)(C)C)cc(C(C)(C)C)c1. The van der Waals surface area contributed by atoms with Crippen molar-refractivity contribution in [1.29, 1.82) is 0 Å². The first-order valence-electron chi connectivity index (χ1n) is 20.8. The molecule has 53 heavy (non-hydrogen) atoms. The van der Waals surface area contributed by atoms with Crippen LogP contribution in [0.5, 0.6) is 0 Å². The van der Waals surface area contributed by atoms with Crippen LogP contribution in [0.4, 0.5) is 0 Å². The second kappa shape index (κ2) is 13.5. The first kappa shape index (κ1) is 41.5. The van der Waals surface area contributed by atoms with Gasteiger partial charge >= 0.3 is 0 Å². The van der Waals surface area contributed by atoms with Crippen LogP contribution in [-0.4, -0.2) is 8.07 Å². The largest absolute Gasteiger partial charge is 0.152 e. The number of hydrogen-bond donors (Lipinski definition) is 0. The van der Waals surface area contributed by atoms with Crippen LogP contribution in [0, 0.1) is 17.8 Å². The minimum absolute atomic E-state index is 0.0150. The van der Waals surface area contributed by atoms with Crippen molar-refractivity contribution in [2.24, 2.45) is 17.8 Å². The van der Waals surface area contributed by atoms with Crippen LogP contribution < -0.4 is 15.6 Å². The quantitative estimate of drug-likeness (QED) is 0.185. The van der Waals surface area contributed by atoms with Crippen molar-refractivity contribution >= 4 is 23.6 Å². The molecule has 3 aromatic carbocycles. The molecule has 0 nitrogen and oxygen atoms in total. The van der Waals surface area contributed by atoms with Gasteiger partial charge in [-0.15, -0.1) is 0 Å². The minimum atomic E-state index is -2.91. The lowest BCUT2D eigenvalue weighted by Gasteiger charge is -2.46. The van der Waals surface area contributed by atoms with E-state index in [4.69, 9.17) is 0 Å². The molecule has 0 aliphatic heterocycles. The van der Waals surface area contributed by atoms with Gasteiger partial charge in [-0.2, -0.15) is 0 Å². The average molecular weight is 729 g/mol. The summed E-state index contributed by atoms with van der Waals surface area (Å²) >= 11 is 0. The molecule has 1 saturated carbocycles. The van der Waals surface area contributed by atoms with E-state index in [1.54, 1.807) is 15.6 Å². The van der Waals surface area contributed by atoms with Crippen LogP contribution in [0.25, 0.3) is 0 Å². The molecule has 0 radical (unpaired) electrons. The van der Waals surface area contributed by atoms with Gasteiger partial charge in [0.2, 0.25) is 0 Å². The fourth-order valence-corrected chi connectivity index (χ4v) is 15.6. The van der Waals surface area contributed by atoms with E-state index in [9.17, 15) is 0 Å². The molecular formula is C52H76Si. The number of rotatable bonds is 4. The van der Waals surface area contributed by atoms with Crippen LogP contribution in [0.15, 0.2) is 78.9 Å². The Morgan fingerprint density at radius 1 is 0.396 bits per heavy atom. The minimum Gasteiger partial charge on any atom is -0.0808 e. The highest BCUT2D eigenvalue weighted by Crippen LogP contribution is 2.53. The third-order valence-electron chi connectivity index (χ3n) is 12.8. The van der Waals surface area contributed by atoms with Gasteiger partial charge in [0.25, 0.3) is 0 Å². The van der Waals surface area contributed by atoms with Crippen molar-refractivity contribution in [3.05, 3.63) is 112 Å². The average Bonchev–Trinajstić information content (AvgIpc) is 3.34. The number of hydrogen-bond acceptors (Lipinski definition) is 0. The molecule has 2 aliphatic carbocycles. The Labute approximate surface area is 328 Å². The summed E-state index contributed by atoms with van der Waals surface area (Å²) in [5, 5.41) is 4.81. The molecule has 0 saturated heterocycles.